The third kappa shape index (κ3) is 5.92. The number of para-hydroxylation sites is 1. The number of rotatable bonds is 7. The zero-order chi connectivity index (χ0) is 26.5. The van der Waals surface area contributed by atoms with E-state index in [1.165, 1.54) is 0 Å². The highest BCUT2D eigenvalue weighted by atomic mass is 35.5. The summed E-state index contributed by atoms with van der Waals surface area (Å²) in [5, 5.41) is 4.45. The first-order valence-electron chi connectivity index (χ1n) is 12.2. The fourth-order valence-electron chi connectivity index (χ4n) is 4.10. The monoisotopic (exact) mass is 530 g/mol. The van der Waals surface area contributed by atoms with Gasteiger partial charge in [-0.15, -0.1) is 0 Å². The predicted octanol–water partition coefficient (Wildman–Crippen LogP) is 4.24. The lowest BCUT2D eigenvalue weighted by atomic mass is 10.2. The van der Waals surface area contributed by atoms with Gasteiger partial charge < -0.3 is 25.6 Å². The lowest BCUT2D eigenvalue weighted by molar-refractivity contribution is -0.129. The van der Waals surface area contributed by atoms with Gasteiger partial charge in [0.25, 0.3) is 0 Å². The topological polar surface area (TPSA) is 122 Å². The van der Waals surface area contributed by atoms with Crippen molar-refractivity contribution in [3.63, 3.8) is 0 Å². The van der Waals surface area contributed by atoms with E-state index in [-0.39, 0.29) is 12.5 Å². The molecule has 3 N–H and O–H groups in total. The third-order valence-electron chi connectivity index (χ3n) is 6.08. The van der Waals surface area contributed by atoms with E-state index in [2.05, 4.69) is 25.3 Å². The van der Waals surface area contributed by atoms with Crippen LogP contribution in [0.4, 0.5) is 17.5 Å². The van der Waals surface area contributed by atoms with Crippen molar-refractivity contribution in [1.29, 1.82) is 0 Å². The van der Waals surface area contributed by atoms with E-state index < -0.39 is 0 Å². The molecule has 0 unspecified atom stereocenters. The molecular formula is C27H27ClN8O2. The Kier molecular flexibility index (Phi) is 7.50. The highest BCUT2D eigenvalue weighted by Crippen LogP contribution is 2.35. The first-order chi connectivity index (χ1) is 18.5. The fourth-order valence-corrected chi connectivity index (χ4v) is 4.36. The van der Waals surface area contributed by atoms with Crippen molar-refractivity contribution >= 4 is 51.7 Å². The molecule has 10 nitrogen and oxygen atoms in total. The summed E-state index contributed by atoms with van der Waals surface area (Å²) in [6.07, 6.45) is 1.71. The molecule has 1 fully saturated rings. The molecule has 2 aromatic heterocycles. The minimum absolute atomic E-state index is 0.0543. The van der Waals surface area contributed by atoms with E-state index in [0.717, 1.165) is 16.6 Å². The van der Waals surface area contributed by atoms with Crippen molar-refractivity contribution in [2.45, 2.75) is 6.92 Å². The molecule has 38 heavy (non-hydrogen) atoms. The molecule has 5 rings (SSSR count). The molecule has 1 amide bonds. The number of ether oxygens (including phenoxy) is 1. The summed E-state index contributed by atoms with van der Waals surface area (Å²) in [7, 11) is 0. The van der Waals surface area contributed by atoms with Gasteiger partial charge in [0.15, 0.2) is 0 Å². The number of aliphatic imine (C=N–C) groups is 1. The van der Waals surface area contributed by atoms with Crippen LogP contribution in [0.5, 0.6) is 11.6 Å². The van der Waals surface area contributed by atoms with E-state index in [0.29, 0.717) is 60.4 Å². The van der Waals surface area contributed by atoms with Crippen LogP contribution in [-0.4, -0.2) is 64.3 Å². The molecule has 0 aliphatic carbocycles. The molecule has 2 aromatic carbocycles. The number of amidine groups is 1. The maximum Gasteiger partial charge on any atom is 0.230 e. The van der Waals surface area contributed by atoms with E-state index in [9.17, 15) is 4.79 Å². The van der Waals surface area contributed by atoms with Crippen LogP contribution in [0.1, 0.15) is 6.92 Å². The van der Waals surface area contributed by atoms with Crippen LogP contribution in [0.15, 0.2) is 71.9 Å². The molecule has 1 aliphatic rings. The van der Waals surface area contributed by atoms with Gasteiger partial charge in [0.1, 0.15) is 17.4 Å². The molecular weight excluding hydrogens is 504 g/mol. The van der Waals surface area contributed by atoms with Gasteiger partial charge in [-0.05, 0) is 36.4 Å². The molecule has 3 heterocycles. The normalized spacial score (nSPS) is 14.0. The Morgan fingerprint density at radius 1 is 1.08 bits per heavy atom. The molecule has 0 spiro atoms. The van der Waals surface area contributed by atoms with Gasteiger partial charge in [-0.25, -0.2) is 4.99 Å². The van der Waals surface area contributed by atoms with E-state index >= 15 is 0 Å². The number of nitrogens with zero attached hydrogens (tertiary/aromatic N) is 6. The van der Waals surface area contributed by atoms with Crippen molar-refractivity contribution in [3.8, 4) is 11.6 Å². The molecule has 194 valence electrons. The number of hydrogen-bond donors (Lipinski definition) is 2. The summed E-state index contributed by atoms with van der Waals surface area (Å²) in [6.45, 7) is 4.22. The second kappa shape index (κ2) is 11.3. The molecule has 0 saturated carbocycles. The number of pyridine rings is 1. The van der Waals surface area contributed by atoms with Crippen LogP contribution in [0, 0.1) is 0 Å². The fraction of sp³-hybridized carbons (Fsp3) is 0.222. The average Bonchev–Trinajstić information content (AvgIpc) is 2.94. The highest BCUT2D eigenvalue weighted by molar-refractivity contribution is 6.36. The number of hydrogen-bond acceptors (Lipinski definition) is 8. The highest BCUT2D eigenvalue weighted by Gasteiger charge is 2.22. The Labute approximate surface area is 225 Å². The molecule has 0 bridgehead atoms. The van der Waals surface area contributed by atoms with Gasteiger partial charge in [-0.2, -0.15) is 9.97 Å². The smallest absolute Gasteiger partial charge is 0.230 e. The summed E-state index contributed by atoms with van der Waals surface area (Å²) in [5.74, 6) is 2.22. The molecule has 0 radical (unpaired) electrons. The van der Waals surface area contributed by atoms with Crippen molar-refractivity contribution in [2.24, 2.45) is 10.7 Å². The van der Waals surface area contributed by atoms with Crippen LogP contribution in [0.25, 0.3) is 10.9 Å². The number of benzene rings is 2. The van der Waals surface area contributed by atoms with E-state index in [1.54, 1.807) is 30.2 Å². The molecule has 1 saturated heterocycles. The number of piperazine rings is 1. The standard InChI is InChI=1S/C27H27ClN8O2/c1-18(37)35-12-14-36(15-13-35)27-33-24(31-17-23(29)32-19-6-3-2-4-7-19)16-25(34-27)38-22-10-9-21-20(26(22)28)8-5-11-30-21/h2-11,16H,12-15,17H2,1H3,(H2,29,32)(H,31,33,34). The number of fused-ring (bicyclic) bond motifs is 1. The van der Waals surface area contributed by atoms with Crippen molar-refractivity contribution in [2.75, 3.05) is 42.9 Å². The van der Waals surface area contributed by atoms with Gasteiger partial charge in [-0.1, -0.05) is 29.8 Å². The van der Waals surface area contributed by atoms with Crippen LogP contribution >= 0.6 is 11.6 Å². The number of halogens is 1. The minimum Gasteiger partial charge on any atom is -0.437 e. The summed E-state index contributed by atoms with van der Waals surface area (Å²) >= 11 is 6.64. The summed E-state index contributed by atoms with van der Waals surface area (Å²) in [5.41, 5.74) is 7.69. The predicted molar refractivity (Wildman–Crippen MR) is 150 cm³/mol. The lowest BCUT2D eigenvalue weighted by Gasteiger charge is -2.34. The van der Waals surface area contributed by atoms with Crippen LogP contribution in [-0.2, 0) is 4.79 Å². The van der Waals surface area contributed by atoms with Crippen molar-refractivity contribution < 1.29 is 9.53 Å². The molecule has 1 aliphatic heterocycles. The van der Waals surface area contributed by atoms with Crippen molar-refractivity contribution in [3.05, 3.63) is 71.9 Å². The summed E-state index contributed by atoms with van der Waals surface area (Å²) in [4.78, 5) is 33.7. The van der Waals surface area contributed by atoms with Crippen molar-refractivity contribution in [1.82, 2.24) is 19.9 Å². The lowest BCUT2D eigenvalue weighted by Crippen LogP contribution is -2.48. The largest absolute Gasteiger partial charge is 0.437 e. The van der Waals surface area contributed by atoms with Gasteiger partial charge >= 0.3 is 0 Å². The number of anilines is 2. The second-order valence-corrected chi connectivity index (χ2v) is 9.10. The minimum atomic E-state index is 0.0543. The Morgan fingerprint density at radius 3 is 2.63 bits per heavy atom. The van der Waals surface area contributed by atoms with Gasteiger partial charge in [0.2, 0.25) is 17.7 Å². The van der Waals surface area contributed by atoms with Gasteiger partial charge in [0, 0.05) is 50.8 Å². The Balaban J connectivity index is 1.41. The Morgan fingerprint density at radius 2 is 1.87 bits per heavy atom. The number of nitrogens with one attached hydrogen (secondary N) is 1. The molecule has 11 heteroatoms. The quantitative estimate of drug-likeness (QED) is 0.269. The Hall–Kier alpha value is -4.44. The zero-order valence-corrected chi connectivity index (χ0v) is 21.6. The second-order valence-electron chi connectivity index (χ2n) is 8.73. The summed E-state index contributed by atoms with van der Waals surface area (Å²) < 4.78 is 6.15. The number of carbonyl (C=O) groups excluding carboxylic acids is 1. The van der Waals surface area contributed by atoms with Gasteiger partial charge in [-0.3, -0.25) is 9.78 Å². The van der Waals surface area contributed by atoms with E-state index in [1.807, 2.05) is 53.4 Å². The van der Waals surface area contributed by atoms with Crippen LogP contribution < -0.4 is 20.7 Å². The van der Waals surface area contributed by atoms with Crippen LogP contribution in [0.3, 0.4) is 0 Å². The Bertz CT molecular complexity index is 1470. The number of carbonyl (C=O) groups is 1. The molecule has 0 atom stereocenters. The zero-order valence-electron chi connectivity index (χ0n) is 20.8. The number of aromatic nitrogens is 3. The SMILES string of the molecule is CC(=O)N1CCN(c2nc(NCC(N)=Nc3ccccc3)cc(Oc3ccc4ncccc4c3Cl)n2)CC1. The summed E-state index contributed by atoms with van der Waals surface area (Å²) in [6, 6.07) is 18.5. The number of amides is 1. The van der Waals surface area contributed by atoms with Gasteiger partial charge in [0.05, 0.1) is 22.8 Å². The average molecular weight is 531 g/mol. The number of nitrogens with two attached hydrogens (primary N) is 1. The third-order valence-corrected chi connectivity index (χ3v) is 6.47. The molecule has 4 aromatic rings. The first kappa shape index (κ1) is 25.2. The van der Waals surface area contributed by atoms with E-state index in [4.69, 9.17) is 22.1 Å². The maximum atomic E-state index is 11.8. The van der Waals surface area contributed by atoms with Crippen LogP contribution in [0.2, 0.25) is 5.02 Å². The first-order valence-corrected chi connectivity index (χ1v) is 12.6. The maximum absolute atomic E-state index is 11.8.